The van der Waals surface area contributed by atoms with E-state index in [4.69, 9.17) is 0 Å². The third kappa shape index (κ3) is 4.00. The van der Waals surface area contributed by atoms with Crippen molar-refractivity contribution in [3.63, 3.8) is 0 Å². The van der Waals surface area contributed by atoms with Crippen LogP contribution in [0.1, 0.15) is 47.2 Å². The van der Waals surface area contributed by atoms with Crippen LogP contribution in [0.2, 0.25) is 0 Å². The molecule has 0 N–H and O–H groups in total. The third-order valence-corrected chi connectivity index (χ3v) is 5.13. The monoisotopic (exact) mass is 354 g/mol. The summed E-state index contributed by atoms with van der Waals surface area (Å²) in [6, 6.07) is 5.97. The van der Waals surface area contributed by atoms with Crippen LogP contribution in [0.5, 0.6) is 0 Å². The van der Waals surface area contributed by atoms with Crippen LogP contribution < -0.4 is 0 Å². The minimum atomic E-state index is 0.0227. The SMILES string of the molecule is CC(=O)c1c(C)nn(CCC(=O)N2CCC(Cc3ccccn3)C2)c1C. The standard InChI is InChI=1S/C20H26N4O2/c1-14-20(16(3)25)15(2)24(22-14)11-8-19(26)23-10-7-17(13-23)12-18-6-4-5-9-21-18/h4-6,9,17H,7-8,10-13H2,1-3H3. The minimum Gasteiger partial charge on any atom is -0.342 e. The molecule has 6 heteroatoms. The van der Waals surface area contributed by atoms with Crippen LogP contribution >= 0.6 is 0 Å². The van der Waals surface area contributed by atoms with Crippen molar-refractivity contribution in [2.45, 2.75) is 46.6 Å². The molecule has 3 heterocycles. The van der Waals surface area contributed by atoms with Crippen molar-refractivity contribution in [3.8, 4) is 0 Å². The zero-order chi connectivity index (χ0) is 18.7. The average molecular weight is 354 g/mol. The molecule has 0 radical (unpaired) electrons. The Kier molecular flexibility index (Phi) is 5.49. The molecule has 1 unspecified atom stereocenters. The van der Waals surface area contributed by atoms with Crippen molar-refractivity contribution >= 4 is 11.7 Å². The second-order valence-corrected chi connectivity index (χ2v) is 7.09. The highest BCUT2D eigenvalue weighted by atomic mass is 16.2. The van der Waals surface area contributed by atoms with Crippen LogP contribution in [-0.4, -0.2) is 44.4 Å². The van der Waals surface area contributed by atoms with E-state index in [2.05, 4.69) is 10.1 Å². The van der Waals surface area contributed by atoms with Gasteiger partial charge in [0.25, 0.3) is 0 Å². The van der Waals surface area contributed by atoms with Gasteiger partial charge in [0.1, 0.15) is 0 Å². The first-order chi connectivity index (χ1) is 12.5. The van der Waals surface area contributed by atoms with E-state index in [-0.39, 0.29) is 11.7 Å². The molecule has 1 aliphatic heterocycles. The summed E-state index contributed by atoms with van der Waals surface area (Å²) < 4.78 is 1.78. The summed E-state index contributed by atoms with van der Waals surface area (Å²) >= 11 is 0. The van der Waals surface area contributed by atoms with Crippen LogP contribution in [0.3, 0.4) is 0 Å². The molecule has 1 aliphatic rings. The molecule has 2 aromatic rings. The predicted molar refractivity (Wildman–Crippen MR) is 99.0 cm³/mol. The van der Waals surface area contributed by atoms with Gasteiger partial charge in [-0.2, -0.15) is 5.10 Å². The van der Waals surface area contributed by atoms with Crippen molar-refractivity contribution in [3.05, 3.63) is 47.0 Å². The molecule has 3 rings (SSSR count). The number of nitrogens with zero attached hydrogens (tertiary/aromatic N) is 4. The summed E-state index contributed by atoms with van der Waals surface area (Å²) in [5.41, 5.74) is 3.34. The summed E-state index contributed by atoms with van der Waals surface area (Å²) in [6.45, 7) is 7.40. The average Bonchev–Trinajstić information content (AvgIpc) is 3.18. The maximum atomic E-state index is 12.6. The number of carbonyl (C=O) groups excluding carboxylic acids is 2. The van der Waals surface area contributed by atoms with E-state index in [0.717, 1.165) is 43.0 Å². The van der Waals surface area contributed by atoms with E-state index in [0.29, 0.717) is 24.4 Å². The zero-order valence-corrected chi connectivity index (χ0v) is 15.7. The number of amides is 1. The summed E-state index contributed by atoms with van der Waals surface area (Å²) in [5, 5.41) is 4.42. The van der Waals surface area contributed by atoms with Gasteiger partial charge in [-0.3, -0.25) is 19.3 Å². The Morgan fingerprint density at radius 3 is 2.73 bits per heavy atom. The highest BCUT2D eigenvalue weighted by Crippen LogP contribution is 2.21. The van der Waals surface area contributed by atoms with Crippen LogP contribution in [0.25, 0.3) is 0 Å². The van der Waals surface area contributed by atoms with Crippen molar-refractivity contribution in [2.24, 2.45) is 5.92 Å². The summed E-state index contributed by atoms with van der Waals surface area (Å²) in [6.07, 6.45) is 4.17. The highest BCUT2D eigenvalue weighted by Gasteiger charge is 2.26. The Labute approximate surface area is 154 Å². The second-order valence-electron chi connectivity index (χ2n) is 7.09. The smallest absolute Gasteiger partial charge is 0.224 e. The number of carbonyl (C=O) groups is 2. The maximum absolute atomic E-state index is 12.6. The molecular formula is C20H26N4O2. The quantitative estimate of drug-likeness (QED) is 0.748. The number of likely N-dealkylation sites (tertiary alicyclic amines) is 1. The lowest BCUT2D eigenvalue weighted by atomic mass is 10.0. The number of aromatic nitrogens is 3. The van der Waals surface area contributed by atoms with Gasteiger partial charge in [-0.05, 0) is 51.7 Å². The third-order valence-electron chi connectivity index (χ3n) is 5.13. The predicted octanol–water partition coefficient (Wildman–Crippen LogP) is 2.58. The van der Waals surface area contributed by atoms with Gasteiger partial charge in [-0.25, -0.2) is 0 Å². The van der Waals surface area contributed by atoms with Crippen LogP contribution in [0.4, 0.5) is 0 Å². The second kappa shape index (κ2) is 7.81. The highest BCUT2D eigenvalue weighted by molar-refractivity contribution is 5.96. The first kappa shape index (κ1) is 18.3. The van der Waals surface area contributed by atoms with E-state index in [1.165, 1.54) is 0 Å². The first-order valence-corrected chi connectivity index (χ1v) is 9.18. The first-order valence-electron chi connectivity index (χ1n) is 9.18. The van der Waals surface area contributed by atoms with Crippen molar-refractivity contribution < 1.29 is 9.59 Å². The van der Waals surface area contributed by atoms with Gasteiger partial charge in [-0.15, -0.1) is 0 Å². The Morgan fingerprint density at radius 1 is 1.27 bits per heavy atom. The number of pyridine rings is 1. The molecule has 6 nitrogen and oxygen atoms in total. The zero-order valence-electron chi connectivity index (χ0n) is 15.7. The van der Waals surface area contributed by atoms with Crippen molar-refractivity contribution in [2.75, 3.05) is 13.1 Å². The van der Waals surface area contributed by atoms with Gasteiger partial charge >= 0.3 is 0 Å². The number of Topliss-reactive ketones (excluding diaryl/α,β-unsaturated/α-hetero) is 1. The minimum absolute atomic E-state index is 0.0227. The molecule has 1 amide bonds. The Balaban J connectivity index is 1.53. The molecule has 0 spiro atoms. The molecule has 0 aliphatic carbocycles. The number of hydrogen-bond donors (Lipinski definition) is 0. The van der Waals surface area contributed by atoms with Crippen molar-refractivity contribution in [1.82, 2.24) is 19.7 Å². The molecule has 0 bridgehead atoms. The van der Waals surface area contributed by atoms with Gasteiger partial charge in [0.05, 0.1) is 11.3 Å². The number of rotatable bonds is 6. The van der Waals surface area contributed by atoms with Gasteiger partial charge in [0.2, 0.25) is 5.91 Å². The van der Waals surface area contributed by atoms with E-state index < -0.39 is 0 Å². The molecular weight excluding hydrogens is 328 g/mol. The fourth-order valence-electron chi connectivity index (χ4n) is 3.82. The molecule has 0 saturated carbocycles. The van der Waals surface area contributed by atoms with Gasteiger partial charge in [-0.1, -0.05) is 6.07 Å². The Morgan fingerprint density at radius 2 is 2.08 bits per heavy atom. The summed E-state index contributed by atoms with van der Waals surface area (Å²) in [5.74, 6) is 0.659. The van der Waals surface area contributed by atoms with Crippen LogP contribution in [0.15, 0.2) is 24.4 Å². The fourth-order valence-corrected chi connectivity index (χ4v) is 3.82. The van der Waals surface area contributed by atoms with E-state index in [9.17, 15) is 9.59 Å². The topological polar surface area (TPSA) is 68.1 Å². The van der Waals surface area contributed by atoms with Gasteiger partial charge in [0, 0.05) is 43.6 Å². The Bertz CT molecular complexity index is 798. The molecule has 0 aromatic carbocycles. The normalized spacial score (nSPS) is 16.9. The van der Waals surface area contributed by atoms with Crippen LogP contribution in [-0.2, 0) is 17.8 Å². The van der Waals surface area contributed by atoms with Gasteiger partial charge in [0.15, 0.2) is 5.78 Å². The number of hydrogen-bond acceptors (Lipinski definition) is 4. The molecule has 138 valence electrons. The summed E-state index contributed by atoms with van der Waals surface area (Å²) in [4.78, 5) is 30.6. The molecule has 2 aromatic heterocycles. The van der Waals surface area contributed by atoms with Crippen molar-refractivity contribution in [1.29, 1.82) is 0 Å². The Hall–Kier alpha value is -2.50. The van der Waals surface area contributed by atoms with E-state index >= 15 is 0 Å². The van der Waals surface area contributed by atoms with Gasteiger partial charge < -0.3 is 4.90 Å². The molecule has 26 heavy (non-hydrogen) atoms. The maximum Gasteiger partial charge on any atom is 0.224 e. The lowest BCUT2D eigenvalue weighted by Crippen LogP contribution is -2.30. The molecule has 1 atom stereocenters. The van der Waals surface area contributed by atoms with Crippen LogP contribution in [0, 0.1) is 19.8 Å². The number of aryl methyl sites for hydroxylation is 2. The molecule has 1 fully saturated rings. The lowest BCUT2D eigenvalue weighted by Gasteiger charge is -2.17. The fraction of sp³-hybridized carbons (Fsp3) is 0.500. The summed E-state index contributed by atoms with van der Waals surface area (Å²) in [7, 11) is 0. The van der Waals surface area contributed by atoms with E-state index in [1.807, 2.05) is 43.1 Å². The number of ketones is 1. The lowest BCUT2D eigenvalue weighted by molar-refractivity contribution is -0.130. The van der Waals surface area contributed by atoms with E-state index in [1.54, 1.807) is 11.6 Å². The largest absolute Gasteiger partial charge is 0.342 e. The molecule has 1 saturated heterocycles.